The number of rotatable bonds is 5. The molecule has 1 N–H and O–H groups in total. The van der Waals surface area contributed by atoms with Crippen LogP contribution in [0.25, 0.3) is 16.6 Å². The third kappa shape index (κ3) is 4.23. The molecule has 2 aromatic heterocycles. The fraction of sp³-hybridized carbons (Fsp3) is 0.100. The highest BCUT2D eigenvalue weighted by Crippen LogP contribution is 2.24. The number of benzene rings is 2. The summed E-state index contributed by atoms with van der Waals surface area (Å²) in [7, 11) is 0. The Morgan fingerprint density at radius 2 is 2.07 bits per heavy atom. The first-order chi connectivity index (χ1) is 14.4. The highest BCUT2D eigenvalue weighted by Gasteiger charge is 2.16. The van der Waals surface area contributed by atoms with Gasteiger partial charge < -0.3 is 5.32 Å². The average Bonchev–Trinajstić information content (AvgIpc) is 3.13. The molecule has 10 heteroatoms. The van der Waals surface area contributed by atoms with E-state index in [0.29, 0.717) is 26.9 Å². The topological polar surface area (TPSA) is 76.9 Å². The Balaban J connectivity index is 1.71. The molecule has 2 aromatic carbocycles. The van der Waals surface area contributed by atoms with Gasteiger partial charge in [-0.15, -0.1) is 11.3 Å². The van der Waals surface area contributed by atoms with Crippen LogP contribution in [0.15, 0.2) is 57.8 Å². The number of nitrogens with zero attached hydrogens (tertiary/aromatic N) is 3. The molecule has 0 bridgehead atoms. The Morgan fingerprint density at radius 3 is 2.80 bits per heavy atom. The van der Waals surface area contributed by atoms with Gasteiger partial charge in [0.05, 0.1) is 33.1 Å². The maximum absolute atomic E-state index is 13.6. The molecular formula is C20H14ClFN4O2S2. The highest BCUT2D eigenvalue weighted by molar-refractivity contribution is 7.99. The van der Waals surface area contributed by atoms with Gasteiger partial charge in [0, 0.05) is 5.38 Å². The molecule has 30 heavy (non-hydrogen) atoms. The zero-order chi connectivity index (χ0) is 21.3. The summed E-state index contributed by atoms with van der Waals surface area (Å²) in [4.78, 5) is 34.2. The summed E-state index contributed by atoms with van der Waals surface area (Å²) in [5.41, 5.74) is 1.36. The van der Waals surface area contributed by atoms with Crippen molar-refractivity contribution in [3.05, 3.63) is 74.7 Å². The SMILES string of the molecule is Cc1csc(NC(=O)CSc2nc3ccccc3c(=O)n2-c2ccc(F)c(Cl)c2)n1. The third-order valence-corrected chi connectivity index (χ3v) is 6.21. The first-order valence-corrected chi connectivity index (χ1v) is 11.0. The lowest BCUT2D eigenvalue weighted by molar-refractivity contribution is -0.113. The maximum atomic E-state index is 13.6. The van der Waals surface area contributed by atoms with E-state index in [4.69, 9.17) is 11.6 Å². The molecular weight excluding hydrogens is 447 g/mol. The van der Waals surface area contributed by atoms with Gasteiger partial charge in [0.1, 0.15) is 5.82 Å². The monoisotopic (exact) mass is 460 g/mol. The number of halogens is 2. The normalized spacial score (nSPS) is 11.0. The minimum atomic E-state index is -0.588. The van der Waals surface area contributed by atoms with Gasteiger partial charge in [0.2, 0.25) is 5.91 Å². The lowest BCUT2D eigenvalue weighted by Crippen LogP contribution is -2.23. The summed E-state index contributed by atoms with van der Waals surface area (Å²) in [5, 5.41) is 5.66. The Labute approximate surface area is 183 Å². The van der Waals surface area contributed by atoms with Crippen molar-refractivity contribution < 1.29 is 9.18 Å². The van der Waals surface area contributed by atoms with Crippen LogP contribution in [0, 0.1) is 12.7 Å². The first-order valence-electron chi connectivity index (χ1n) is 8.74. The van der Waals surface area contributed by atoms with Crippen LogP contribution in [-0.2, 0) is 4.79 Å². The van der Waals surface area contributed by atoms with E-state index in [1.165, 1.54) is 34.1 Å². The molecule has 0 atom stereocenters. The number of nitrogens with one attached hydrogen (secondary N) is 1. The fourth-order valence-corrected chi connectivity index (χ4v) is 4.45. The zero-order valence-electron chi connectivity index (χ0n) is 15.6. The molecule has 0 saturated heterocycles. The zero-order valence-corrected chi connectivity index (χ0v) is 17.9. The van der Waals surface area contributed by atoms with Crippen molar-refractivity contribution in [1.29, 1.82) is 0 Å². The van der Waals surface area contributed by atoms with E-state index >= 15 is 0 Å². The van der Waals surface area contributed by atoms with E-state index in [2.05, 4.69) is 15.3 Å². The van der Waals surface area contributed by atoms with E-state index in [0.717, 1.165) is 17.5 Å². The predicted molar refractivity (Wildman–Crippen MR) is 119 cm³/mol. The van der Waals surface area contributed by atoms with Crippen LogP contribution in [0.5, 0.6) is 0 Å². The van der Waals surface area contributed by atoms with Crippen molar-refractivity contribution in [2.45, 2.75) is 12.1 Å². The molecule has 4 aromatic rings. The lowest BCUT2D eigenvalue weighted by Gasteiger charge is -2.13. The number of para-hydroxylation sites is 1. The van der Waals surface area contributed by atoms with E-state index in [-0.39, 0.29) is 22.2 Å². The minimum Gasteiger partial charge on any atom is -0.301 e. The molecule has 0 aliphatic carbocycles. The molecule has 0 unspecified atom stereocenters. The molecule has 0 fully saturated rings. The second-order valence-corrected chi connectivity index (χ2v) is 8.49. The summed E-state index contributed by atoms with van der Waals surface area (Å²) in [6.07, 6.45) is 0. The van der Waals surface area contributed by atoms with Crippen LogP contribution in [0.3, 0.4) is 0 Å². The van der Waals surface area contributed by atoms with E-state index in [1.54, 1.807) is 24.3 Å². The van der Waals surface area contributed by atoms with E-state index in [9.17, 15) is 14.0 Å². The number of hydrogen-bond acceptors (Lipinski definition) is 6. The number of carbonyl (C=O) groups is 1. The lowest BCUT2D eigenvalue weighted by atomic mass is 10.2. The highest BCUT2D eigenvalue weighted by atomic mass is 35.5. The smallest absolute Gasteiger partial charge is 0.266 e. The van der Waals surface area contributed by atoms with Crippen LogP contribution < -0.4 is 10.9 Å². The third-order valence-electron chi connectivity index (χ3n) is 4.10. The van der Waals surface area contributed by atoms with Gasteiger partial charge in [0.25, 0.3) is 5.56 Å². The predicted octanol–water partition coefficient (Wildman–Crippen LogP) is 4.67. The number of carbonyl (C=O) groups excluding carboxylic acids is 1. The molecule has 0 aliphatic rings. The van der Waals surface area contributed by atoms with Crippen LogP contribution in [0.2, 0.25) is 5.02 Å². The second-order valence-electron chi connectivity index (χ2n) is 6.28. The van der Waals surface area contributed by atoms with Gasteiger partial charge in [-0.1, -0.05) is 35.5 Å². The van der Waals surface area contributed by atoms with Crippen LogP contribution >= 0.6 is 34.7 Å². The summed E-state index contributed by atoms with van der Waals surface area (Å²) < 4.78 is 15.0. The van der Waals surface area contributed by atoms with Crippen LogP contribution in [0.4, 0.5) is 9.52 Å². The Bertz CT molecular complexity index is 1320. The Kier molecular flexibility index (Phi) is 5.85. The van der Waals surface area contributed by atoms with Crippen molar-refractivity contribution in [2.24, 2.45) is 0 Å². The molecule has 2 heterocycles. The number of aryl methyl sites for hydroxylation is 1. The molecule has 1 amide bonds. The molecule has 152 valence electrons. The van der Waals surface area contributed by atoms with Gasteiger partial charge in [-0.2, -0.15) is 0 Å². The number of fused-ring (bicyclic) bond motifs is 1. The van der Waals surface area contributed by atoms with Gasteiger partial charge in [-0.25, -0.2) is 14.4 Å². The number of aromatic nitrogens is 3. The Morgan fingerprint density at radius 1 is 1.27 bits per heavy atom. The Hall–Kier alpha value is -2.75. The summed E-state index contributed by atoms with van der Waals surface area (Å²) in [6, 6.07) is 10.9. The summed E-state index contributed by atoms with van der Waals surface area (Å²) in [5.74, 6) is -0.854. The number of thioether (sulfide) groups is 1. The summed E-state index contributed by atoms with van der Waals surface area (Å²) >= 11 is 8.35. The number of amides is 1. The molecule has 0 spiro atoms. The molecule has 6 nitrogen and oxygen atoms in total. The van der Waals surface area contributed by atoms with E-state index < -0.39 is 5.82 Å². The quantitative estimate of drug-likeness (QED) is 0.346. The summed E-state index contributed by atoms with van der Waals surface area (Å²) in [6.45, 7) is 1.84. The number of anilines is 1. The van der Waals surface area contributed by atoms with Gasteiger partial charge in [-0.3, -0.25) is 14.2 Å². The van der Waals surface area contributed by atoms with Crippen molar-refractivity contribution in [1.82, 2.24) is 14.5 Å². The van der Waals surface area contributed by atoms with Crippen molar-refractivity contribution in [2.75, 3.05) is 11.1 Å². The fourth-order valence-electron chi connectivity index (χ4n) is 2.76. The largest absolute Gasteiger partial charge is 0.301 e. The van der Waals surface area contributed by atoms with Gasteiger partial charge in [-0.05, 0) is 37.3 Å². The second kappa shape index (κ2) is 8.55. The van der Waals surface area contributed by atoms with Crippen molar-refractivity contribution in [3.8, 4) is 5.69 Å². The average molecular weight is 461 g/mol. The standard InChI is InChI=1S/C20H14ClFN4O2S2/c1-11-9-29-19(23-11)25-17(27)10-30-20-24-16-5-3-2-4-13(16)18(28)26(20)12-6-7-15(22)14(21)8-12/h2-9H,10H2,1H3,(H,23,25,27). The van der Waals surface area contributed by atoms with Crippen molar-refractivity contribution in [3.63, 3.8) is 0 Å². The molecule has 0 aliphatic heterocycles. The van der Waals surface area contributed by atoms with Gasteiger partial charge >= 0.3 is 0 Å². The molecule has 0 saturated carbocycles. The van der Waals surface area contributed by atoms with Crippen LogP contribution in [-0.4, -0.2) is 26.2 Å². The first kappa shape index (κ1) is 20.5. The molecule has 0 radical (unpaired) electrons. The number of hydrogen-bond donors (Lipinski definition) is 1. The molecule has 4 rings (SSSR count). The van der Waals surface area contributed by atoms with Crippen molar-refractivity contribution >= 4 is 56.6 Å². The maximum Gasteiger partial charge on any atom is 0.266 e. The van der Waals surface area contributed by atoms with Gasteiger partial charge in [0.15, 0.2) is 10.3 Å². The minimum absolute atomic E-state index is 0.0122. The number of thiazole rings is 1. The van der Waals surface area contributed by atoms with Crippen LogP contribution in [0.1, 0.15) is 5.69 Å². The van der Waals surface area contributed by atoms with E-state index in [1.807, 2.05) is 12.3 Å².